The fraction of sp³-hybridized carbons (Fsp3) is 0.562. The SMILES string of the molecule is CC(C)C(N)CCN(C)C(=O)CCSc1ccccc1F. The zero-order valence-corrected chi connectivity index (χ0v) is 13.8. The molecule has 0 bridgehead atoms. The van der Waals surface area contributed by atoms with Gasteiger partial charge in [0.1, 0.15) is 5.82 Å². The van der Waals surface area contributed by atoms with Gasteiger partial charge in [0.2, 0.25) is 5.91 Å². The van der Waals surface area contributed by atoms with Crippen LogP contribution in [0.15, 0.2) is 29.2 Å². The van der Waals surface area contributed by atoms with Gasteiger partial charge < -0.3 is 10.6 Å². The van der Waals surface area contributed by atoms with Crippen molar-refractivity contribution in [3.05, 3.63) is 30.1 Å². The molecule has 1 atom stereocenters. The summed E-state index contributed by atoms with van der Waals surface area (Å²) in [6, 6.07) is 6.75. The van der Waals surface area contributed by atoms with Crippen LogP contribution in [-0.4, -0.2) is 36.2 Å². The smallest absolute Gasteiger partial charge is 0.223 e. The van der Waals surface area contributed by atoms with Crippen LogP contribution in [0, 0.1) is 11.7 Å². The van der Waals surface area contributed by atoms with Gasteiger partial charge in [-0.2, -0.15) is 0 Å². The van der Waals surface area contributed by atoms with Crippen molar-refractivity contribution in [1.82, 2.24) is 4.90 Å². The first-order valence-corrected chi connectivity index (χ1v) is 8.27. The molecule has 0 fully saturated rings. The highest BCUT2D eigenvalue weighted by Crippen LogP contribution is 2.21. The van der Waals surface area contributed by atoms with E-state index in [2.05, 4.69) is 13.8 Å². The molecule has 1 aromatic rings. The fourth-order valence-electron chi connectivity index (χ4n) is 1.80. The third-order valence-corrected chi connectivity index (χ3v) is 4.54. The molecular weight excluding hydrogens is 287 g/mol. The van der Waals surface area contributed by atoms with Crippen LogP contribution in [0.2, 0.25) is 0 Å². The van der Waals surface area contributed by atoms with Crippen LogP contribution in [0.3, 0.4) is 0 Å². The van der Waals surface area contributed by atoms with Crippen molar-refractivity contribution in [2.24, 2.45) is 11.7 Å². The third-order valence-electron chi connectivity index (χ3n) is 3.49. The van der Waals surface area contributed by atoms with Crippen molar-refractivity contribution < 1.29 is 9.18 Å². The van der Waals surface area contributed by atoms with Crippen molar-refractivity contribution in [1.29, 1.82) is 0 Å². The molecule has 118 valence electrons. The zero-order valence-electron chi connectivity index (χ0n) is 13.0. The second kappa shape index (κ2) is 9.05. The van der Waals surface area contributed by atoms with Crippen molar-refractivity contribution >= 4 is 17.7 Å². The van der Waals surface area contributed by atoms with Crippen LogP contribution < -0.4 is 5.73 Å². The van der Waals surface area contributed by atoms with E-state index >= 15 is 0 Å². The second-order valence-corrected chi connectivity index (χ2v) is 6.68. The standard InChI is InChI=1S/C16H25FN2OS/c1-12(2)14(18)8-10-19(3)16(20)9-11-21-15-7-5-4-6-13(15)17/h4-7,12,14H,8-11,18H2,1-3H3. The lowest BCUT2D eigenvalue weighted by molar-refractivity contribution is -0.129. The lowest BCUT2D eigenvalue weighted by Crippen LogP contribution is -2.34. The van der Waals surface area contributed by atoms with E-state index in [1.807, 2.05) is 0 Å². The maximum Gasteiger partial charge on any atom is 0.223 e. The topological polar surface area (TPSA) is 46.3 Å². The van der Waals surface area contributed by atoms with Gasteiger partial charge in [0.25, 0.3) is 0 Å². The minimum absolute atomic E-state index is 0.0785. The maximum atomic E-state index is 13.4. The van der Waals surface area contributed by atoms with Crippen LogP contribution in [0.1, 0.15) is 26.7 Å². The summed E-state index contributed by atoms with van der Waals surface area (Å²) in [5.74, 6) is 0.853. The molecule has 0 aliphatic heterocycles. The predicted octanol–water partition coefficient (Wildman–Crippen LogP) is 3.14. The van der Waals surface area contributed by atoms with Gasteiger partial charge >= 0.3 is 0 Å². The van der Waals surface area contributed by atoms with Crippen molar-refractivity contribution in [2.75, 3.05) is 19.3 Å². The fourth-order valence-corrected chi connectivity index (χ4v) is 2.68. The van der Waals surface area contributed by atoms with Crippen molar-refractivity contribution in [3.8, 4) is 0 Å². The second-order valence-electron chi connectivity index (χ2n) is 5.54. The lowest BCUT2D eigenvalue weighted by Gasteiger charge is -2.21. The molecule has 21 heavy (non-hydrogen) atoms. The van der Waals surface area contributed by atoms with Gasteiger partial charge in [-0.05, 0) is 24.5 Å². The predicted molar refractivity (Wildman–Crippen MR) is 86.8 cm³/mol. The number of amides is 1. The molecule has 0 saturated carbocycles. The molecule has 5 heteroatoms. The Morgan fingerprint density at radius 2 is 2.05 bits per heavy atom. The first-order valence-electron chi connectivity index (χ1n) is 7.28. The normalized spacial score (nSPS) is 12.5. The molecule has 0 spiro atoms. The number of carbonyl (C=O) groups is 1. The average molecular weight is 312 g/mol. The number of nitrogens with two attached hydrogens (primary N) is 1. The van der Waals surface area contributed by atoms with Crippen LogP contribution in [0.5, 0.6) is 0 Å². The van der Waals surface area contributed by atoms with E-state index < -0.39 is 0 Å². The number of thioether (sulfide) groups is 1. The first-order chi connectivity index (χ1) is 9.91. The Morgan fingerprint density at radius 3 is 2.67 bits per heavy atom. The number of carbonyl (C=O) groups excluding carboxylic acids is 1. The Labute approximate surface area is 131 Å². The van der Waals surface area contributed by atoms with E-state index in [1.165, 1.54) is 17.8 Å². The summed E-state index contributed by atoms with van der Waals surface area (Å²) in [5, 5.41) is 0. The molecule has 0 aromatic heterocycles. The van der Waals surface area contributed by atoms with E-state index in [0.29, 0.717) is 29.5 Å². The molecule has 0 aliphatic carbocycles. The van der Waals surface area contributed by atoms with E-state index in [4.69, 9.17) is 5.73 Å². The number of nitrogens with zero attached hydrogens (tertiary/aromatic N) is 1. The Hall–Kier alpha value is -1.07. The van der Waals surface area contributed by atoms with Crippen LogP contribution in [-0.2, 0) is 4.79 Å². The molecule has 1 rings (SSSR count). The summed E-state index contributed by atoms with van der Waals surface area (Å²) < 4.78 is 13.4. The molecule has 0 saturated heterocycles. The average Bonchev–Trinajstić information content (AvgIpc) is 2.46. The van der Waals surface area contributed by atoms with Gasteiger partial charge in [-0.1, -0.05) is 26.0 Å². The molecule has 0 radical (unpaired) electrons. The van der Waals surface area contributed by atoms with Gasteiger partial charge in [0, 0.05) is 36.7 Å². The number of benzene rings is 1. The third kappa shape index (κ3) is 6.48. The summed E-state index contributed by atoms with van der Waals surface area (Å²) in [6.45, 7) is 4.83. The zero-order chi connectivity index (χ0) is 15.8. The molecule has 1 aromatic carbocycles. The van der Waals surface area contributed by atoms with Crippen LogP contribution >= 0.6 is 11.8 Å². The minimum Gasteiger partial charge on any atom is -0.346 e. The Kier molecular flexibility index (Phi) is 7.75. The van der Waals surface area contributed by atoms with Gasteiger partial charge in [0.15, 0.2) is 0 Å². The van der Waals surface area contributed by atoms with Gasteiger partial charge in [-0.25, -0.2) is 4.39 Å². The molecule has 1 unspecified atom stereocenters. The molecular formula is C16H25FN2OS. The largest absolute Gasteiger partial charge is 0.346 e. The Bertz CT molecular complexity index is 454. The van der Waals surface area contributed by atoms with Crippen molar-refractivity contribution in [2.45, 2.75) is 37.6 Å². The monoisotopic (exact) mass is 312 g/mol. The van der Waals surface area contributed by atoms with Crippen molar-refractivity contribution in [3.63, 3.8) is 0 Å². The lowest BCUT2D eigenvalue weighted by atomic mass is 10.0. The molecule has 3 nitrogen and oxygen atoms in total. The summed E-state index contributed by atoms with van der Waals surface area (Å²) in [7, 11) is 1.79. The Balaban J connectivity index is 2.28. The van der Waals surface area contributed by atoms with Gasteiger partial charge in [-0.3, -0.25) is 4.79 Å². The number of hydrogen-bond donors (Lipinski definition) is 1. The minimum atomic E-state index is -0.230. The van der Waals surface area contributed by atoms with Crippen LogP contribution in [0.4, 0.5) is 4.39 Å². The van der Waals surface area contributed by atoms with E-state index in [1.54, 1.807) is 30.1 Å². The maximum absolute atomic E-state index is 13.4. The molecule has 1 amide bonds. The molecule has 0 heterocycles. The quantitative estimate of drug-likeness (QED) is 0.750. The van der Waals surface area contributed by atoms with Crippen LogP contribution in [0.25, 0.3) is 0 Å². The summed E-state index contributed by atoms with van der Waals surface area (Å²) in [4.78, 5) is 14.3. The number of hydrogen-bond acceptors (Lipinski definition) is 3. The highest BCUT2D eigenvalue weighted by atomic mass is 32.2. The summed E-state index contributed by atoms with van der Waals surface area (Å²) in [5.41, 5.74) is 5.97. The van der Waals surface area contributed by atoms with Gasteiger partial charge in [-0.15, -0.1) is 11.8 Å². The van der Waals surface area contributed by atoms with E-state index in [0.717, 1.165) is 6.42 Å². The highest BCUT2D eigenvalue weighted by Gasteiger charge is 2.13. The number of rotatable bonds is 8. The first kappa shape index (κ1) is 18.0. The highest BCUT2D eigenvalue weighted by molar-refractivity contribution is 7.99. The van der Waals surface area contributed by atoms with E-state index in [9.17, 15) is 9.18 Å². The molecule has 0 aliphatic rings. The summed E-state index contributed by atoms with van der Waals surface area (Å²) >= 11 is 1.37. The van der Waals surface area contributed by atoms with Gasteiger partial charge in [0.05, 0.1) is 0 Å². The Morgan fingerprint density at radius 1 is 1.38 bits per heavy atom. The molecule has 2 N–H and O–H groups in total. The van der Waals surface area contributed by atoms with E-state index in [-0.39, 0.29) is 17.8 Å². The summed E-state index contributed by atoms with van der Waals surface area (Å²) in [6.07, 6.45) is 1.22. The number of halogens is 1.